The van der Waals surface area contributed by atoms with Gasteiger partial charge in [0, 0.05) is 19.2 Å². The highest BCUT2D eigenvalue weighted by Crippen LogP contribution is 2.26. The van der Waals surface area contributed by atoms with Crippen molar-refractivity contribution in [1.29, 1.82) is 0 Å². The Balaban J connectivity index is 2.00. The summed E-state index contributed by atoms with van der Waals surface area (Å²) in [6.45, 7) is 1.48. The van der Waals surface area contributed by atoms with Crippen LogP contribution in [0.4, 0.5) is 15.8 Å². The molecule has 1 aromatic carbocycles. The summed E-state index contributed by atoms with van der Waals surface area (Å²) in [5.74, 6) is -0.498. The summed E-state index contributed by atoms with van der Waals surface area (Å²) in [4.78, 5) is 0. The molecule has 0 aromatic heterocycles. The quantitative estimate of drug-likeness (QED) is 0.804. The Bertz CT molecular complexity index is 380. The second-order valence-corrected chi connectivity index (χ2v) is 4.28. The number of nitrogen functional groups attached to an aromatic ring is 1. The summed E-state index contributed by atoms with van der Waals surface area (Å²) in [7, 11) is 0. The number of nitrogens with two attached hydrogens (primary N) is 1. The predicted octanol–water partition coefficient (Wildman–Crippen LogP) is 2.65. The minimum atomic E-state index is -0.498. The molecule has 1 aliphatic rings. The third-order valence-corrected chi connectivity index (χ3v) is 2.93. The number of halogens is 2. The van der Waals surface area contributed by atoms with Gasteiger partial charge in [-0.05, 0) is 18.9 Å². The van der Waals surface area contributed by atoms with Crippen LogP contribution in [0.5, 0.6) is 0 Å². The van der Waals surface area contributed by atoms with E-state index in [0.717, 1.165) is 19.4 Å². The molecule has 0 saturated carbocycles. The van der Waals surface area contributed by atoms with E-state index in [1.165, 1.54) is 12.1 Å². The molecule has 1 saturated heterocycles. The fourth-order valence-corrected chi connectivity index (χ4v) is 1.91. The highest BCUT2D eigenvalue weighted by Gasteiger charge is 2.15. The summed E-state index contributed by atoms with van der Waals surface area (Å²) < 4.78 is 18.5. The van der Waals surface area contributed by atoms with Crippen molar-refractivity contribution < 1.29 is 9.13 Å². The lowest BCUT2D eigenvalue weighted by Gasteiger charge is -2.14. The number of benzene rings is 1. The van der Waals surface area contributed by atoms with Crippen LogP contribution in [0.2, 0.25) is 5.02 Å². The normalized spacial score (nSPS) is 20.0. The zero-order chi connectivity index (χ0) is 11.5. The number of ether oxygens (including phenoxy) is 1. The first-order valence-electron chi connectivity index (χ1n) is 5.27. The van der Waals surface area contributed by atoms with Crippen molar-refractivity contribution in [1.82, 2.24) is 0 Å². The Labute approximate surface area is 98.7 Å². The zero-order valence-electron chi connectivity index (χ0n) is 8.80. The van der Waals surface area contributed by atoms with E-state index < -0.39 is 5.82 Å². The number of rotatable bonds is 3. The smallest absolute Gasteiger partial charge is 0.143 e. The van der Waals surface area contributed by atoms with E-state index in [9.17, 15) is 4.39 Å². The lowest BCUT2D eigenvalue weighted by Crippen LogP contribution is -2.19. The van der Waals surface area contributed by atoms with Crippen LogP contribution in [0.25, 0.3) is 0 Å². The van der Waals surface area contributed by atoms with Crippen molar-refractivity contribution in [3.63, 3.8) is 0 Å². The molecule has 1 unspecified atom stereocenters. The number of hydrogen-bond acceptors (Lipinski definition) is 3. The molecule has 2 rings (SSSR count). The fraction of sp³-hybridized carbons (Fsp3) is 0.455. The van der Waals surface area contributed by atoms with Gasteiger partial charge >= 0.3 is 0 Å². The molecule has 1 atom stereocenters. The van der Waals surface area contributed by atoms with Crippen LogP contribution in [-0.4, -0.2) is 19.3 Å². The van der Waals surface area contributed by atoms with E-state index in [2.05, 4.69) is 5.32 Å². The molecule has 3 N–H and O–H groups in total. The molecule has 0 bridgehead atoms. The first-order chi connectivity index (χ1) is 7.66. The van der Waals surface area contributed by atoms with E-state index >= 15 is 0 Å². The molecule has 16 heavy (non-hydrogen) atoms. The van der Waals surface area contributed by atoms with Crippen LogP contribution < -0.4 is 11.1 Å². The third-order valence-electron chi connectivity index (χ3n) is 2.64. The monoisotopic (exact) mass is 244 g/mol. The summed E-state index contributed by atoms with van der Waals surface area (Å²) >= 11 is 5.68. The van der Waals surface area contributed by atoms with E-state index in [-0.39, 0.29) is 11.1 Å². The lowest BCUT2D eigenvalue weighted by atomic mass is 10.2. The Morgan fingerprint density at radius 1 is 1.56 bits per heavy atom. The molecule has 88 valence electrons. The molecule has 1 fully saturated rings. The maximum atomic E-state index is 13.0. The number of hydrogen-bond donors (Lipinski definition) is 2. The first kappa shape index (κ1) is 11.5. The Kier molecular flexibility index (Phi) is 3.51. The average Bonchev–Trinajstić information content (AvgIpc) is 2.74. The maximum absolute atomic E-state index is 13.0. The van der Waals surface area contributed by atoms with Gasteiger partial charge in [-0.1, -0.05) is 11.6 Å². The van der Waals surface area contributed by atoms with E-state index in [4.69, 9.17) is 22.1 Å². The molecule has 3 nitrogen and oxygen atoms in total. The van der Waals surface area contributed by atoms with E-state index in [1.807, 2.05) is 0 Å². The topological polar surface area (TPSA) is 47.3 Å². The van der Waals surface area contributed by atoms with Crippen LogP contribution in [-0.2, 0) is 4.74 Å². The highest BCUT2D eigenvalue weighted by atomic mass is 35.5. The molecule has 5 heteroatoms. The minimum Gasteiger partial charge on any atom is -0.397 e. The second-order valence-electron chi connectivity index (χ2n) is 3.87. The van der Waals surface area contributed by atoms with Gasteiger partial charge in [0.25, 0.3) is 0 Å². The maximum Gasteiger partial charge on any atom is 0.143 e. The molecular formula is C11H14ClFN2O. The Morgan fingerprint density at radius 3 is 3.06 bits per heavy atom. The van der Waals surface area contributed by atoms with E-state index in [1.54, 1.807) is 0 Å². The van der Waals surface area contributed by atoms with E-state index in [0.29, 0.717) is 17.9 Å². The zero-order valence-corrected chi connectivity index (χ0v) is 9.56. The van der Waals surface area contributed by atoms with Gasteiger partial charge in [0.15, 0.2) is 0 Å². The van der Waals surface area contributed by atoms with Gasteiger partial charge in [-0.2, -0.15) is 0 Å². The molecular weight excluding hydrogens is 231 g/mol. The molecule has 0 aliphatic carbocycles. The summed E-state index contributed by atoms with van der Waals surface area (Å²) in [6.07, 6.45) is 2.34. The van der Waals surface area contributed by atoms with Crippen molar-refractivity contribution in [3.05, 3.63) is 23.0 Å². The SMILES string of the molecule is Nc1cc(F)c(Cl)cc1NCC1CCCO1. The van der Waals surface area contributed by atoms with Gasteiger partial charge in [0.1, 0.15) is 5.82 Å². The predicted molar refractivity (Wildman–Crippen MR) is 63.3 cm³/mol. The van der Waals surface area contributed by atoms with Gasteiger partial charge in [-0.15, -0.1) is 0 Å². The van der Waals surface area contributed by atoms with Gasteiger partial charge in [-0.3, -0.25) is 0 Å². The van der Waals surface area contributed by atoms with Crippen LogP contribution in [0.1, 0.15) is 12.8 Å². The van der Waals surface area contributed by atoms with Crippen molar-refractivity contribution in [2.24, 2.45) is 0 Å². The van der Waals surface area contributed by atoms with Gasteiger partial charge in [0.2, 0.25) is 0 Å². The first-order valence-corrected chi connectivity index (χ1v) is 5.64. The Morgan fingerprint density at radius 2 is 2.38 bits per heavy atom. The largest absolute Gasteiger partial charge is 0.397 e. The van der Waals surface area contributed by atoms with Gasteiger partial charge < -0.3 is 15.8 Å². The molecule has 0 amide bonds. The summed E-state index contributed by atoms with van der Waals surface area (Å²) in [5.41, 5.74) is 6.69. The minimum absolute atomic E-state index is 0.0732. The lowest BCUT2D eigenvalue weighted by molar-refractivity contribution is 0.120. The van der Waals surface area contributed by atoms with Crippen LogP contribution >= 0.6 is 11.6 Å². The second kappa shape index (κ2) is 4.89. The van der Waals surface area contributed by atoms with Crippen LogP contribution in [0.3, 0.4) is 0 Å². The average molecular weight is 245 g/mol. The highest BCUT2D eigenvalue weighted by molar-refractivity contribution is 6.31. The van der Waals surface area contributed by atoms with Crippen molar-refractivity contribution in [2.75, 3.05) is 24.2 Å². The van der Waals surface area contributed by atoms with Gasteiger partial charge in [0.05, 0.1) is 22.5 Å². The van der Waals surface area contributed by atoms with Crippen molar-refractivity contribution >= 4 is 23.0 Å². The molecule has 0 spiro atoms. The summed E-state index contributed by atoms with van der Waals surface area (Å²) in [5, 5.41) is 3.19. The standard InChI is InChI=1S/C11H14ClFN2O/c12-8-4-11(10(14)5-9(8)13)15-6-7-2-1-3-16-7/h4-5,7,15H,1-3,6,14H2. The Hall–Kier alpha value is -1.00. The number of anilines is 2. The van der Waals surface area contributed by atoms with Crippen molar-refractivity contribution in [3.8, 4) is 0 Å². The van der Waals surface area contributed by atoms with Crippen LogP contribution in [0.15, 0.2) is 12.1 Å². The van der Waals surface area contributed by atoms with Gasteiger partial charge in [-0.25, -0.2) is 4.39 Å². The summed E-state index contributed by atoms with van der Waals surface area (Å²) in [6, 6.07) is 2.72. The number of nitrogens with one attached hydrogen (secondary N) is 1. The molecule has 1 aliphatic heterocycles. The molecule has 1 heterocycles. The van der Waals surface area contributed by atoms with Crippen LogP contribution in [0, 0.1) is 5.82 Å². The fourth-order valence-electron chi connectivity index (χ4n) is 1.74. The molecule has 1 aromatic rings. The van der Waals surface area contributed by atoms with Crippen molar-refractivity contribution in [2.45, 2.75) is 18.9 Å². The third kappa shape index (κ3) is 2.57. The molecule has 0 radical (unpaired) electrons.